The Kier molecular flexibility index (Phi) is 4.08. The molecular formula is C11H18N4. The molecular weight excluding hydrogens is 188 g/mol. The standard InChI is InChI=1S/C11H18N4/c1-2-4-14-11(3-1)9-13-10-15-7-5-12-6-8-15/h1-4,12-13H,5-10H2. The van der Waals surface area contributed by atoms with Gasteiger partial charge in [-0.05, 0) is 12.1 Å². The molecule has 1 saturated heterocycles. The summed E-state index contributed by atoms with van der Waals surface area (Å²) in [5.41, 5.74) is 1.10. The fourth-order valence-electron chi connectivity index (χ4n) is 1.71. The van der Waals surface area contributed by atoms with Crippen LogP contribution in [0.25, 0.3) is 0 Å². The first kappa shape index (κ1) is 10.5. The normalized spacial score (nSPS) is 17.9. The summed E-state index contributed by atoms with van der Waals surface area (Å²) < 4.78 is 0. The molecule has 2 rings (SSSR count). The maximum atomic E-state index is 4.27. The summed E-state index contributed by atoms with van der Waals surface area (Å²) in [5, 5.41) is 6.75. The Morgan fingerprint density at radius 3 is 2.93 bits per heavy atom. The maximum absolute atomic E-state index is 4.27. The van der Waals surface area contributed by atoms with Gasteiger partial charge in [0.05, 0.1) is 5.69 Å². The summed E-state index contributed by atoms with van der Waals surface area (Å²) in [6.07, 6.45) is 1.84. The number of nitrogens with one attached hydrogen (secondary N) is 2. The first-order valence-electron chi connectivity index (χ1n) is 5.49. The molecule has 0 atom stereocenters. The van der Waals surface area contributed by atoms with E-state index in [1.807, 2.05) is 24.4 Å². The van der Waals surface area contributed by atoms with Crippen LogP contribution in [0.15, 0.2) is 24.4 Å². The van der Waals surface area contributed by atoms with Crippen LogP contribution in [-0.2, 0) is 6.54 Å². The highest BCUT2D eigenvalue weighted by molar-refractivity contribution is 5.02. The van der Waals surface area contributed by atoms with E-state index in [1.165, 1.54) is 0 Å². The van der Waals surface area contributed by atoms with E-state index in [4.69, 9.17) is 0 Å². The Morgan fingerprint density at radius 1 is 1.33 bits per heavy atom. The molecule has 15 heavy (non-hydrogen) atoms. The van der Waals surface area contributed by atoms with Crippen LogP contribution in [0.4, 0.5) is 0 Å². The molecule has 0 radical (unpaired) electrons. The van der Waals surface area contributed by atoms with Crippen molar-refractivity contribution in [3.05, 3.63) is 30.1 Å². The molecule has 1 aliphatic rings. The van der Waals surface area contributed by atoms with Crippen molar-refractivity contribution >= 4 is 0 Å². The van der Waals surface area contributed by atoms with Gasteiger partial charge < -0.3 is 5.32 Å². The van der Waals surface area contributed by atoms with Crippen molar-refractivity contribution in [2.75, 3.05) is 32.8 Å². The minimum Gasteiger partial charge on any atom is -0.314 e. The second kappa shape index (κ2) is 5.80. The van der Waals surface area contributed by atoms with Crippen molar-refractivity contribution in [3.63, 3.8) is 0 Å². The molecule has 0 bridgehead atoms. The van der Waals surface area contributed by atoms with Gasteiger partial charge in [-0.25, -0.2) is 0 Å². The van der Waals surface area contributed by atoms with Crippen molar-refractivity contribution in [1.29, 1.82) is 0 Å². The second-order valence-corrected chi connectivity index (χ2v) is 3.77. The quantitative estimate of drug-likeness (QED) is 0.729. The van der Waals surface area contributed by atoms with Crippen molar-refractivity contribution in [2.45, 2.75) is 6.54 Å². The number of hydrogen-bond donors (Lipinski definition) is 2. The number of hydrogen-bond acceptors (Lipinski definition) is 4. The number of pyridine rings is 1. The zero-order chi connectivity index (χ0) is 10.3. The third-order valence-corrected chi connectivity index (χ3v) is 2.58. The zero-order valence-corrected chi connectivity index (χ0v) is 8.95. The third-order valence-electron chi connectivity index (χ3n) is 2.58. The van der Waals surface area contributed by atoms with Gasteiger partial charge in [0.15, 0.2) is 0 Å². The molecule has 0 saturated carbocycles. The van der Waals surface area contributed by atoms with Crippen LogP contribution >= 0.6 is 0 Å². The van der Waals surface area contributed by atoms with E-state index < -0.39 is 0 Å². The lowest BCUT2D eigenvalue weighted by Gasteiger charge is -2.27. The summed E-state index contributed by atoms with van der Waals surface area (Å²) in [6, 6.07) is 6.01. The minimum atomic E-state index is 0.852. The highest BCUT2D eigenvalue weighted by atomic mass is 15.3. The average Bonchev–Trinajstić information content (AvgIpc) is 2.32. The van der Waals surface area contributed by atoms with Crippen LogP contribution < -0.4 is 10.6 Å². The van der Waals surface area contributed by atoms with Gasteiger partial charge in [-0.3, -0.25) is 15.2 Å². The molecule has 1 aliphatic heterocycles. The molecule has 1 aromatic rings. The number of aromatic nitrogens is 1. The van der Waals surface area contributed by atoms with E-state index in [9.17, 15) is 0 Å². The summed E-state index contributed by atoms with van der Waals surface area (Å²) in [5.74, 6) is 0. The summed E-state index contributed by atoms with van der Waals surface area (Å²) in [6.45, 7) is 6.28. The highest BCUT2D eigenvalue weighted by Crippen LogP contribution is 1.93. The predicted molar refractivity (Wildman–Crippen MR) is 60.4 cm³/mol. The van der Waals surface area contributed by atoms with Crippen LogP contribution in [-0.4, -0.2) is 42.7 Å². The molecule has 0 amide bonds. The van der Waals surface area contributed by atoms with E-state index in [0.29, 0.717) is 0 Å². The number of piperazine rings is 1. The molecule has 0 aliphatic carbocycles. The fraction of sp³-hybridized carbons (Fsp3) is 0.545. The molecule has 2 heterocycles. The molecule has 4 nitrogen and oxygen atoms in total. The Labute approximate surface area is 90.7 Å². The van der Waals surface area contributed by atoms with Gasteiger partial charge >= 0.3 is 0 Å². The van der Waals surface area contributed by atoms with Crippen molar-refractivity contribution in [2.24, 2.45) is 0 Å². The topological polar surface area (TPSA) is 40.2 Å². The lowest BCUT2D eigenvalue weighted by atomic mass is 10.3. The van der Waals surface area contributed by atoms with Gasteiger partial charge in [0, 0.05) is 45.6 Å². The monoisotopic (exact) mass is 206 g/mol. The molecule has 0 unspecified atom stereocenters. The van der Waals surface area contributed by atoms with E-state index in [2.05, 4.69) is 20.5 Å². The SMILES string of the molecule is c1ccc(CNCN2CCNCC2)nc1. The number of rotatable bonds is 4. The largest absolute Gasteiger partial charge is 0.314 e. The second-order valence-electron chi connectivity index (χ2n) is 3.77. The Hall–Kier alpha value is -0.970. The maximum Gasteiger partial charge on any atom is 0.0542 e. The van der Waals surface area contributed by atoms with Gasteiger partial charge in [-0.1, -0.05) is 6.07 Å². The molecule has 1 fully saturated rings. The van der Waals surface area contributed by atoms with Gasteiger partial charge in [-0.15, -0.1) is 0 Å². The summed E-state index contributed by atoms with van der Waals surface area (Å²) in [7, 11) is 0. The van der Waals surface area contributed by atoms with E-state index in [-0.39, 0.29) is 0 Å². The minimum absolute atomic E-state index is 0.852. The molecule has 0 spiro atoms. The van der Waals surface area contributed by atoms with Crippen LogP contribution in [0.5, 0.6) is 0 Å². The van der Waals surface area contributed by atoms with Crippen molar-refractivity contribution < 1.29 is 0 Å². The first-order valence-corrected chi connectivity index (χ1v) is 5.49. The van der Waals surface area contributed by atoms with Gasteiger partial charge in [-0.2, -0.15) is 0 Å². The fourth-order valence-corrected chi connectivity index (χ4v) is 1.71. The highest BCUT2D eigenvalue weighted by Gasteiger charge is 2.07. The predicted octanol–water partition coefficient (Wildman–Crippen LogP) is 0.0339. The molecule has 82 valence electrons. The van der Waals surface area contributed by atoms with Crippen LogP contribution in [0, 0.1) is 0 Å². The van der Waals surface area contributed by atoms with Gasteiger partial charge in [0.1, 0.15) is 0 Å². The average molecular weight is 206 g/mol. The molecule has 1 aromatic heterocycles. The Balaban J connectivity index is 1.66. The number of nitrogens with zero attached hydrogens (tertiary/aromatic N) is 2. The van der Waals surface area contributed by atoms with Crippen molar-refractivity contribution in [3.8, 4) is 0 Å². The summed E-state index contributed by atoms with van der Waals surface area (Å²) >= 11 is 0. The van der Waals surface area contributed by atoms with Gasteiger partial charge in [0.2, 0.25) is 0 Å². The third kappa shape index (κ3) is 3.58. The molecule has 0 aromatic carbocycles. The first-order chi connectivity index (χ1) is 7.45. The Bertz CT molecular complexity index is 269. The molecule has 4 heteroatoms. The molecule has 2 N–H and O–H groups in total. The van der Waals surface area contributed by atoms with E-state index in [1.54, 1.807) is 0 Å². The lowest BCUT2D eigenvalue weighted by molar-refractivity contribution is 0.223. The van der Waals surface area contributed by atoms with Crippen LogP contribution in [0.2, 0.25) is 0 Å². The van der Waals surface area contributed by atoms with E-state index in [0.717, 1.165) is 45.1 Å². The van der Waals surface area contributed by atoms with Crippen molar-refractivity contribution in [1.82, 2.24) is 20.5 Å². The van der Waals surface area contributed by atoms with Gasteiger partial charge in [0.25, 0.3) is 0 Å². The summed E-state index contributed by atoms with van der Waals surface area (Å²) in [4.78, 5) is 6.68. The van der Waals surface area contributed by atoms with Crippen LogP contribution in [0.1, 0.15) is 5.69 Å². The lowest BCUT2D eigenvalue weighted by Crippen LogP contribution is -2.46. The van der Waals surface area contributed by atoms with E-state index >= 15 is 0 Å². The Morgan fingerprint density at radius 2 is 2.20 bits per heavy atom. The van der Waals surface area contributed by atoms with Crippen LogP contribution in [0.3, 0.4) is 0 Å². The smallest absolute Gasteiger partial charge is 0.0542 e. The zero-order valence-electron chi connectivity index (χ0n) is 8.95.